The number of halogens is 1. The molecule has 2 aliphatic rings. The molecule has 170 valence electrons. The number of carbonyl (C=O) groups is 3. The summed E-state index contributed by atoms with van der Waals surface area (Å²) in [6.07, 6.45) is 0.789. The Balaban J connectivity index is 0.000000568. The maximum atomic E-state index is 11.9. The highest BCUT2D eigenvalue weighted by atomic mass is 35.5. The zero-order chi connectivity index (χ0) is 21.9. The molecular weight excluding hydrogens is 400 g/mol. The van der Waals surface area contributed by atoms with Gasteiger partial charge >= 0.3 is 18.0 Å². The normalized spacial score (nSPS) is 24.6. The minimum Gasteiger partial charge on any atom is -0.480 e. The van der Waals surface area contributed by atoms with Gasteiger partial charge in [0.05, 0.1) is 7.11 Å². The van der Waals surface area contributed by atoms with Crippen LogP contribution >= 0.6 is 12.4 Å². The maximum Gasteiger partial charge on any atom is 0.411 e. The van der Waals surface area contributed by atoms with Gasteiger partial charge in [-0.1, -0.05) is 27.7 Å². The molecule has 9 heteroatoms. The summed E-state index contributed by atoms with van der Waals surface area (Å²) >= 11 is 0. The summed E-state index contributed by atoms with van der Waals surface area (Å²) in [7, 11) is 1.43. The van der Waals surface area contributed by atoms with Crippen LogP contribution in [0.25, 0.3) is 0 Å². The first-order valence-corrected chi connectivity index (χ1v) is 9.60. The van der Waals surface area contributed by atoms with E-state index in [0.717, 1.165) is 13.0 Å². The number of hydrogen-bond acceptors (Lipinski definition) is 6. The lowest BCUT2D eigenvalue weighted by molar-refractivity contribution is -0.143. The Morgan fingerprint density at radius 3 is 2.00 bits per heavy atom. The molecule has 0 radical (unpaired) electrons. The number of nitrogens with one attached hydrogen (secondary N) is 1. The molecule has 2 rings (SSSR count). The third-order valence-electron chi connectivity index (χ3n) is 4.70. The molecular formula is C20H37ClN2O6. The van der Waals surface area contributed by atoms with Gasteiger partial charge in [0.25, 0.3) is 0 Å². The van der Waals surface area contributed by atoms with Gasteiger partial charge in [0.15, 0.2) is 0 Å². The van der Waals surface area contributed by atoms with Crippen molar-refractivity contribution in [1.82, 2.24) is 10.2 Å². The molecule has 2 heterocycles. The van der Waals surface area contributed by atoms with Crippen molar-refractivity contribution in [3.05, 3.63) is 0 Å². The van der Waals surface area contributed by atoms with Crippen LogP contribution in [0.2, 0.25) is 0 Å². The summed E-state index contributed by atoms with van der Waals surface area (Å²) in [6.45, 7) is 14.8. The van der Waals surface area contributed by atoms with Crippen molar-refractivity contribution in [2.45, 2.75) is 79.0 Å². The Morgan fingerprint density at radius 2 is 1.62 bits per heavy atom. The van der Waals surface area contributed by atoms with Crippen LogP contribution in [-0.2, 0) is 19.1 Å². The third kappa shape index (κ3) is 8.78. The average molecular weight is 437 g/mol. The van der Waals surface area contributed by atoms with Crippen molar-refractivity contribution in [2.24, 2.45) is 10.8 Å². The van der Waals surface area contributed by atoms with Crippen molar-refractivity contribution in [1.29, 1.82) is 0 Å². The largest absolute Gasteiger partial charge is 0.480 e. The monoisotopic (exact) mass is 436 g/mol. The van der Waals surface area contributed by atoms with E-state index in [4.69, 9.17) is 9.84 Å². The van der Waals surface area contributed by atoms with Crippen LogP contribution in [0.5, 0.6) is 0 Å². The van der Waals surface area contributed by atoms with Gasteiger partial charge in [-0.25, -0.2) is 9.59 Å². The number of carboxylic acid groups (broad SMARTS) is 1. The van der Waals surface area contributed by atoms with Gasteiger partial charge in [-0.15, -0.1) is 12.4 Å². The summed E-state index contributed by atoms with van der Waals surface area (Å²) in [5.41, 5.74) is -0.550. The maximum absolute atomic E-state index is 11.9. The van der Waals surface area contributed by atoms with Crippen molar-refractivity contribution in [3.63, 3.8) is 0 Å². The molecule has 8 nitrogen and oxygen atoms in total. The highest BCUT2D eigenvalue weighted by molar-refractivity contribution is 5.85. The molecule has 0 aliphatic carbocycles. The van der Waals surface area contributed by atoms with Crippen LogP contribution in [0.1, 0.15) is 61.3 Å². The van der Waals surface area contributed by atoms with E-state index < -0.39 is 23.7 Å². The summed E-state index contributed by atoms with van der Waals surface area (Å²) in [4.78, 5) is 35.4. The molecule has 0 aromatic carbocycles. The molecule has 0 unspecified atom stereocenters. The van der Waals surface area contributed by atoms with Gasteiger partial charge in [-0.05, 0) is 44.4 Å². The number of rotatable bonds is 2. The fourth-order valence-electron chi connectivity index (χ4n) is 3.41. The Hall–Kier alpha value is -1.54. The summed E-state index contributed by atoms with van der Waals surface area (Å²) < 4.78 is 9.85. The molecule has 0 bridgehead atoms. The standard InChI is InChI=1S/C12H21NO4.C8H15NO2.ClH/c1-11(2,3)17-10(16)13-7-12(4,5)6-8(13)9(14)15;1-8(2)4-6(9-5-8)7(10)11-3;/h8H,6-7H2,1-5H3,(H,14,15);6,9H,4-5H2,1-3H3;1H/t8-;6-;/m00./s1. The minimum atomic E-state index is -0.971. The molecule has 2 atom stereocenters. The highest BCUT2D eigenvalue weighted by Gasteiger charge is 2.45. The summed E-state index contributed by atoms with van der Waals surface area (Å²) in [6, 6.07) is -0.866. The van der Waals surface area contributed by atoms with Gasteiger partial charge in [0, 0.05) is 13.1 Å². The summed E-state index contributed by atoms with van der Waals surface area (Å²) in [5.74, 6) is -1.11. The fraction of sp³-hybridized carbons (Fsp3) is 0.850. The van der Waals surface area contributed by atoms with E-state index >= 15 is 0 Å². The Labute approximate surface area is 180 Å². The van der Waals surface area contributed by atoms with Crippen molar-refractivity contribution in [2.75, 3.05) is 20.2 Å². The topological polar surface area (TPSA) is 105 Å². The van der Waals surface area contributed by atoms with Crippen LogP contribution in [0.3, 0.4) is 0 Å². The quantitative estimate of drug-likeness (QED) is 0.640. The number of esters is 1. The number of ether oxygens (including phenoxy) is 2. The van der Waals surface area contributed by atoms with E-state index in [9.17, 15) is 14.4 Å². The van der Waals surface area contributed by atoms with E-state index in [-0.39, 0.29) is 35.2 Å². The molecule has 2 saturated heterocycles. The second-order valence-electron chi connectivity index (χ2n) is 10.2. The number of carbonyl (C=O) groups excluding carboxylic acids is 2. The molecule has 29 heavy (non-hydrogen) atoms. The second kappa shape index (κ2) is 9.98. The van der Waals surface area contributed by atoms with Crippen molar-refractivity contribution < 1.29 is 29.0 Å². The minimum absolute atomic E-state index is 0. The first-order valence-electron chi connectivity index (χ1n) is 9.60. The smallest absolute Gasteiger partial charge is 0.411 e. The molecule has 0 aromatic rings. The number of amides is 1. The first kappa shape index (κ1) is 27.5. The van der Waals surface area contributed by atoms with Gasteiger partial charge in [0.2, 0.25) is 0 Å². The van der Waals surface area contributed by atoms with Crippen LogP contribution < -0.4 is 5.32 Å². The predicted molar refractivity (Wildman–Crippen MR) is 112 cm³/mol. The van der Waals surface area contributed by atoms with E-state index in [1.54, 1.807) is 20.8 Å². The lowest BCUT2D eigenvalue weighted by atomic mass is 9.91. The Morgan fingerprint density at radius 1 is 1.07 bits per heavy atom. The molecule has 0 aromatic heterocycles. The number of methoxy groups -OCH3 is 1. The molecule has 0 saturated carbocycles. The Bertz CT molecular complexity index is 600. The fourth-order valence-corrected chi connectivity index (χ4v) is 3.41. The number of likely N-dealkylation sites (tertiary alicyclic amines) is 1. The Kier molecular flexibility index (Phi) is 9.45. The molecule has 2 N–H and O–H groups in total. The van der Waals surface area contributed by atoms with Crippen LogP contribution in [0.4, 0.5) is 4.79 Å². The first-order chi connectivity index (χ1) is 12.6. The number of nitrogens with zero attached hydrogens (tertiary/aromatic N) is 1. The predicted octanol–water partition coefficient (Wildman–Crippen LogP) is 3.08. The van der Waals surface area contributed by atoms with E-state index in [1.807, 2.05) is 13.8 Å². The van der Waals surface area contributed by atoms with Gasteiger partial charge < -0.3 is 19.9 Å². The van der Waals surface area contributed by atoms with E-state index in [2.05, 4.69) is 23.9 Å². The van der Waals surface area contributed by atoms with Crippen molar-refractivity contribution in [3.8, 4) is 0 Å². The highest BCUT2D eigenvalue weighted by Crippen LogP contribution is 2.35. The van der Waals surface area contributed by atoms with Gasteiger partial charge in [-0.3, -0.25) is 9.69 Å². The molecule has 0 spiro atoms. The third-order valence-corrected chi connectivity index (χ3v) is 4.70. The van der Waals surface area contributed by atoms with Crippen molar-refractivity contribution >= 4 is 30.4 Å². The average Bonchev–Trinajstić information content (AvgIpc) is 3.04. The molecule has 1 amide bonds. The summed E-state index contributed by atoms with van der Waals surface area (Å²) in [5, 5.41) is 12.2. The number of hydrogen-bond donors (Lipinski definition) is 2. The zero-order valence-electron chi connectivity index (χ0n) is 18.8. The number of carboxylic acids is 1. The molecule has 2 aliphatic heterocycles. The van der Waals surface area contributed by atoms with Crippen LogP contribution in [0.15, 0.2) is 0 Å². The molecule has 2 fully saturated rings. The van der Waals surface area contributed by atoms with Gasteiger partial charge in [0.1, 0.15) is 17.7 Å². The van der Waals surface area contributed by atoms with E-state index in [0.29, 0.717) is 13.0 Å². The lowest BCUT2D eigenvalue weighted by Gasteiger charge is -2.27. The zero-order valence-corrected chi connectivity index (χ0v) is 19.6. The van der Waals surface area contributed by atoms with Crippen LogP contribution in [0, 0.1) is 10.8 Å². The van der Waals surface area contributed by atoms with E-state index in [1.165, 1.54) is 12.0 Å². The number of aliphatic carboxylic acids is 1. The van der Waals surface area contributed by atoms with Crippen LogP contribution in [-0.4, -0.2) is 65.9 Å². The lowest BCUT2D eigenvalue weighted by Crippen LogP contribution is -2.43. The SMILES string of the molecule is CC1(C)C[C@@H](C(=O)O)N(C(=O)OC(C)(C)C)C1.COC(=O)[C@@H]1CC(C)(C)CN1.Cl. The second-order valence-corrected chi connectivity index (χ2v) is 10.2. The van der Waals surface area contributed by atoms with Gasteiger partial charge in [-0.2, -0.15) is 0 Å².